The summed E-state index contributed by atoms with van der Waals surface area (Å²) in [6, 6.07) is 2.78. The lowest BCUT2D eigenvalue weighted by Crippen LogP contribution is -2.50. The van der Waals surface area contributed by atoms with Crippen molar-refractivity contribution in [2.45, 2.75) is 38.3 Å². The molecule has 1 aliphatic rings. The van der Waals surface area contributed by atoms with Crippen molar-refractivity contribution >= 4 is 5.97 Å². The summed E-state index contributed by atoms with van der Waals surface area (Å²) in [5.41, 5.74) is -0.685. The fourth-order valence-electron chi connectivity index (χ4n) is 2.34. The molecule has 0 spiro atoms. The molecular formula is C15H21FN2O3. The first-order chi connectivity index (χ1) is 10.1. The Morgan fingerprint density at radius 1 is 1.62 bits per heavy atom. The van der Waals surface area contributed by atoms with Crippen LogP contribution in [-0.2, 0) is 19.8 Å². The Morgan fingerprint density at radius 2 is 2.43 bits per heavy atom. The zero-order valence-corrected chi connectivity index (χ0v) is 12.4. The Balaban J connectivity index is 2.16. The first-order valence-electron chi connectivity index (χ1n) is 7.22. The average Bonchev–Trinajstić information content (AvgIpc) is 2.99. The molecule has 0 aliphatic carbocycles. The van der Waals surface area contributed by atoms with E-state index >= 15 is 0 Å². The minimum atomic E-state index is -1.12. The van der Waals surface area contributed by atoms with E-state index in [0.29, 0.717) is 12.2 Å². The molecule has 1 fully saturated rings. The van der Waals surface area contributed by atoms with Crippen molar-refractivity contribution in [3.63, 3.8) is 0 Å². The zero-order chi connectivity index (χ0) is 15.3. The summed E-state index contributed by atoms with van der Waals surface area (Å²) in [5.74, 6) is -0.869. The minimum absolute atomic E-state index is 0.0826. The van der Waals surface area contributed by atoms with E-state index in [9.17, 15) is 9.18 Å². The highest BCUT2D eigenvalue weighted by Crippen LogP contribution is 2.22. The van der Waals surface area contributed by atoms with Gasteiger partial charge < -0.3 is 9.47 Å². The lowest BCUT2D eigenvalue weighted by atomic mass is 9.96. The zero-order valence-electron chi connectivity index (χ0n) is 12.4. The summed E-state index contributed by atoms with van der Waals surface area (Å²) in [7, 11) is 0. The molecule has 2 atom stereocenters. The van der Waals surface area contributed by atoms with Gasteiger partial charge in [0.25, 0.3) is 0 Å². The van der Waals surface area contributed by atoms with Crippen LogP contribution in [0.1, 0.15) is 32.4 Å². The highest BCUT2D eigenvalue weighted by Gasteiger charge is 2.38. The Morgan fingerprint density at radius 3 is 3.00 bits per heavy atom. The van der Waals surface area contributed by atoms with Crippen LogP contribution < -0.4 is 5.32 Å². The van der Waals surface area contributed by atoms with Crippen LogP contribution in [0.4, 0.5) is 4.39 Å². The van der Waals surface area contributed by atoms with Gasteiger partial charge in [-0.3, -0.25) is 10.3 Å². The Hall–Kier alpha value is -1.53. The maximum atomic E-state index is 13.0. The van der Waals surface area contributed by atoms with E-state index in [4.69, 9.17) is 9.47 Å². The molecule has 2 heterocycles. The lowest BCUT2D eigenvalue weighted by molar-refractivity contribution is -0.151. The van der Waals surface area contributed by atoms with Gasteiger partial charge in [-0.25, -0.2) is 9.18 Å². The van der Waals surface area contributed by atoms with Crippen LogP contribution in [-0.4, -0.2) is 36.8 Å². The number of hydrogen-bond acceptors (Lipinski definition) is 5. The molecule has 1 N–H and O–H groups in total. The maximum absolute atomic E-state index is 13.0. The summed E-state index contributed by atoms with van der Waals surface area (Å²) in [5, 5.41) is 3.17. The van der Waals surface area contributed by atoms with Gasteiger partial charge in [0.2, 0.25) is 0 Å². The van der Waals surface area contributed by atoms with E-state index in [1.807, 2.05) is 0 Å². The van der Waals surface area contributed by atoms with Crippen LogP contribution in [0.2, 0.25) is 0 Å². The average molecular weight is 296 g/mol. The SMILES string of the molecule is CCOC(=O)C(C)(NCC1CCCO1)c1ccc(F)cn1. The van der Waals surface area contributed by atoms with Crippen molar-refractivity contribution < 1.29 is 18.7 Å². The number of ether oxygens (including phenoxy) is 2. The smallest absolute Gasteiger partial charge is 0.332 e. The number of nitrogens with one attached hydrogen (secondary N) is 1. The second-order valence-corrected chi connectivity index (χ2v) is 5.22. The van der Waals surface area contributed by atoms with E-state index in [-0.39, 0.29) is 12.7 Å². The Kier molecular flexibility index (Phi) is 5.25. The first-order valence-corrected chi connectivity index (χ1v) is 7.22. The van der Waals surface area contributed by atoms with E-state index < -0.39 is 17.3 Å². The van der Waals surface area contributed by atoms with E-state index in [1.54, 1.807) is 13.8 Å². The normalized spacial score (nSPS) is 21.0. The summed E-state index contributed by atoms with van der Waals surface area (Å²) < 4.78 is 23.7. The second kappa shape index (κ2) is 6.95. The molecule has 1 aromatic rings. The second-order valence-electron chi connectivity index (χ2n) is 5.22. The van der Waals surface area contributed by atoms with Gasteiger partial charge in [0.1, 0.15) is 5.82 Å². The summed E-state index contributed by atoms with van der Waals surface area (Å²) in [6.07, 6.45) is 3.17. The van der Waals surface area contributed by atoms with Crippen LogP contribution in [0.25, 0.3) is 0 Å². The molecule has 1 aliphatic heterocycles. The van der Waals surface area contributed by atoms with Gasteiger partial charge in [-0.05, 0) is 38.8 Å². The molecule has 6 heteroatoms. The molecule has 1 saturated heterocycles. The quantitative estimate of drug-likeness (QED) is 0.811. The molecule has 5 nitrogen and oxygen atoms in total. The number of carbonyl (C=O) groups is 1. The van der Waals surface area contributed by atoms with Crippen LogP contribution in [0.5, 0.6) is 0 Å². The summed E-state index contributed by atoms with van der Waals surface area (Å²) in [6.45, 7) is 4.99. The van der Waals surface area contributed by atoms with Crippen molar-refractivity contribution in [2.24, 2.45) is 0 Å². The van der Waals surface area contributed by atoms with Crippen molar-refractivity contribution in [3.05, 3.63) is 29.8 Å². The third kappa shape index (κ3) is 3.77. The Labute approximate surface area is 123 Å². The predicted molar refractivity (Wildman–Crippen MR) is 75.2 cm³/mol. The number of carbonyl (C=O) groups excluding carboxylic acids is 1. The number of nitrogens with zero attached hydrogens (tertiary/aromatic N) is 1. The molecule has 0 bridgehead atoms. The van der Waals surface area contributed by atoms with Gasteiger partial charge in [-0.1, -0.05) is 0 Å². The molecule has 2 rings (SSSR count). The molecule has 116 valence electrons. The topological polar surface area (TPSA) is 60.5 Å². The molecule has 1 aromatic heterocycles. The van der Waals surface area contributed by atoms with Gasteiger partial charge in [0, 0.05) is 13.2 Å². The highest BCUT2D eigenvalue weighted by atomic mass is 19.1. The van der Waals surface area contributed by atoms with Crippen molar-refractivity contribution in [1.82, 2.24) is 10.3 Å². The number of hydrogen-bond donors (Lipinski definition) is 1. The molecule has 0 amide bonds. The van der Waals surface area contributed by atoms with Crippen molar-refractivity contribution in [1.29, 1.82) is 0 Å². The van der Waals surface area contributed by atoms with Gasteiger partial charge in [0.15, 0.2) is 5.54 Å². The van der Waals surface area contributed by atoms with Crippen molar-refractivity contribution in [2.75, 3.05) is 19.8 Å². The predicted octanol–water partition coefficient (Wildman–Crippen LogP) is 1.77. The van der Waals surface area contributed by atoms with Crippen LogP contribution in [0.3, 0.4) is 0 Å². The van der Waals surface area contributed by atoms with Gasteiger partial charge in [0.05, 0.1) is 24.6 Å². The monoisotopic (exact) mass is 296 g/mol. The third-order valence-corrected chi connectivity index (χ3v) is 3.63. The fraction of sp³-hybridized carbons (Fsp3) is 0.600. The summed E-state index contributed by atoms with van der Waals surface area (Å²) in [4.78, 5) is 16.3. The lowest BCUT2D eigenvalue weighted by Gasteiger charge is -2.29. The number of halogens is 1. The van der Waals surface area contributed by atoms with Gasteiger partial charge in [-0.2, -0.15) is 0 Å². The molecule has 21 heavy (non-hydrogen) atoms. The largest absolute Gasteiger partial charge is 0.464 e. The summed E-state index contributed by atoms with van der Waals surface area (Å²) >= 11 is 0. The highest BCUT2D eigenvalue weighted by molar-refractivity contribution is 5.81. The van der Waals surface area contributed by atoms with Crippen LogP contribution >= 0.6 is 0 Å². The number of pyridine rings is 1. The number of rotatable bonds is 6. The molecule has 2 unspecified atom stereocenters. The maximum Gasteiger partial charge on any atom is 0.332 e. The first kappa shape index (κ1) is 15.9. The molecule has 0 radical (unpaired) electrons. The van der Waals surface area contributed by atoms with Crippen LogP contribution in [0.15, 0.2) is 18.3 Å². The van der Waals surface area contributed by atoms with Gasteiger partial charge in [-0.15, -0.1) is 0 Å². The van der Waals surface area contributed by atoms with Crippen LogP contribution in [0, 0.1) is 5.82 Å². The van der Waals surface area contributed by atoms with E-state index in [1.165, 1.54) is 12.1 Å². The standard InChI is InChI=1S/C15H21FN2O3/c1-3-20-14(19)15(2,13-7-6-11(16)9-17-13)18-10-12-5-4-8-21-12/h6-7,9,12,18H,3-5,8,10H2,1-2H3. The minimum Gasteiger partial charge on any atom is -0.464 e. The van der Waals surface area contributed by atoms with E-state index in [0.717, 1.165) is 25.6 Å². The molecule has 0 aromatic carbocycles. The fourth-order valence-corrected chi connectivity index (χ4v) is 2.34. The molecular weight excluding hydrogens is 275 g/mol. The van der Waals surface area contributed by atoms with E-state index in [2.05, 4.69) is 10.3 Å². The Bertz CT molecular complexity index is 474. The number of esters is 1. The van der Waals surface area contributed by atoms with Gasteiger partial charge >= 0.3 is 5.97 Å². The van der Waals surface area contributed by atoms with Crippen molar-refractivity contribution in [3.8, 4) is 0 Å². The third-order valence-electron chi connectivity index (χ3n) is 3.63. The molecule has 0 saturated carbocycles. The number of aromatic nitrogens is 1.